The van der Waals surface area contributed by atoms with Crippen LogP contribution in [0.5, 0.6) is 17.2 Å². The van der Waals surface area contributed by atoms with Crippen LogP contribution in [0.1, 0.15) is 41.6 Å². The van der Waals surface area contributed by atoms with Crippen molar-refractivity contribution in [2.24, 2.45) is 0 Å². The third-order valence-corrected chi connectivity index (χ3v) is 5.47. The van der Waals surface area contributed by atoms with Crippen LogP contribution in [0.3, 0.4) is 0 Å². The molecule has 0 aromatic heterocycles. The molecule has 0 aliphatic heterocycles. The van der Waals surface area contributed by atoms with Crippen LogP contribution in [-0.2, 0) is 16.8 Å². The lowest BCUT2D eigenvalue weighted by molar-refractivity contribution is 0.000985. The number of rotatable bonds is 11. The Labute approximate surface area is 209 Å². The summed E-state index contributed by atoms with van der Waals surface area (Å²) >= 11 is 0. The van der Waals surface area contributed by atoms with Crippen molar-refractivity contribution >= 4 is 5.97 Å². The minimum absolute atomic E-state index is 0.0903. The summed E-state index contributed by atoms with van der Waals surface area (Å²) in [5.74, 6) is -0.498. The summed E-state index contributed by atoms with van der Waals surface area (Å²) in [5.41, 5.74) is -1.32. The molecule has 6 nitrogen and oxygen atoms in total. The van der Waals surface area contributed by atoms with Gasteiger partial charge in [0.1, 0.15) is 6.56 Å². The van der Waals surface area contributed by atoms with Gasteiger partial charge in [-0.05, 0) is 36.7 Å². The highest BCUT2D eigenvalue weighted by Crippen LogP contribution is 2.39. The molecular weight excluding hydrogens is 430 g/mol. The molecule has 0 fully saturated rings. The zero-order valence-electron chi connectivity index (χ0n) is 24.8. The molecule has 0 saturated carbocycles. The van der Waals surface area contributed by atoms with Gasteiger partial charge >= 0.3 is 5.97 Å². The predicted octanol–water partition coefficient (Wildman–Crippen LogP) is 5.31. The molecule has 1 atom stereocenters. The zero-order chi connectivity index (χ0) is 28.8. The molecule has 180 valence electrons. The fourth-order valence-corrected chi connectivity index (χ4v) is 3.66. The van der Waals surface area contributed by atoms with Gasteiger partial charge in [-0.15, -0.1) is 0 Å². The summed E-state index contributed by atoms with van der Waals surface area (Å²) in [6.45, 7) is -3.67. The van der Waals surface area contributed by atoms with Crippen molar-refractivity contribution in [2.45, 2.75) is 25.4 Å². The van der Waals surface area contributed by atoms with Crippen LogP contribution in [0.25, 0.3) is 0 Å². The second-order valence-electron chi connectivity index (χ2n) is 7.50. The van der Waals surface area contributed by atoms with Crippen molar-refractivity contribution < 1.29 is 30.6 Å². The quantitative estimate of drug-likeness (QED) is 0.356. The van der Waals surface area contributed by atoms with Gasteiger partial charge in [0.2, 0.25) is 5.75 Å². The van der Waals surface area contributed by atoms with Crippen LogP contribution in [0.15, 0.2) is 72.8 Å². The molecule has 0 aliphatic carbocycles. The minimum atomic E-state index is -2.97. The number of esters is 1. The number of carbonyl (C=O) groups is 1. The molecule has 34 heavy (non-hydrogen) atoms. The first-order chi connectivity index (χ1) is 18.5. The largest absolute Gasteiger partial charge is 0.493 e. The second-order valence-corrected chi connectivity index (χ2v) is 7.50. The molecule has 0 N–H and O–H groups in total. The Hall–Kier alpha value is -3.51. The minimum Gasteiger partial charge on any atom is -0.493 e. The van der Waals surface area contributed by atoms with E-state index < -0.39 is 31.3 Å². The Bertz CT molecular complexity index is 1230. The van der Waals surface area contributed by atoms with Gasteiger partial charge in [0.25, 0.3) is 0 Å². The summed E-state index contributed by atoms with van der Waals surface area (Å²) in [7, 11) is 5.73. The summed E-state index contributed by atoms with van der Waals surface area (Å²) in [5, 5.41) is 0. The summed E-state index contributed by atoms with van der Waals surface area (Å²) in [6.07, 6.45) is -2.52. The Balaban J connectivity index is 2.19. The van der Waals surface area contributed by atoms with E-state index in [0.29, 0.717) is 0 Å². The van der Waals surface area contributed by atoms with Gasteiger partial charge in [0.05, 0.1) is 35.2 Å². The summed E-state index contributed by atoms with van der Waals surface area (Å²) in [6, 6.07) is 20.0. The van der Waals surface area contributed by atoms with Gasteiger partial charge in [-0.3, -0.25) is 4.90 Å². The average molecular weight is 469 g/mol. The van der Waals surface area contributed by atoms with E-state index in [9.17, 15) is 4.79 Å². The summed E-state index contributed by atoms with van der Waals surface area (Å²) < 4.78 is 65.8. The fraction of sp³-hybridized carbons (Fsp3) is 0.321. The normalized spacial score (nSPS) is 15.6. The van der Waals surface area contributed by atoms with Crippen molar-refractivity contribution in [3.63, 3.8) is 0 Å². The van der Waals surface area contributed by atoms with Crippen LogP contribution in [0, 0.1) is 0 Å². The van der Waals surface area contributed by atoms with Gasteiger partial charge in [-0.1, -0.05) is 67.6 Å². The van der Waals surface area contributed by atoms with E-state index in [1.807, 2.05) is 30.3 Å². The fourth-order valence-electron chi connectivity index (χ4n) is 3.66. The van der Waals surface area contributed by atoms with Gasteiger partial charge in [0, 0.05) is 10.7 Å². The maximum atomic E-state index is 13.5. The van der Waals surface area contributed by atoms with E-state index in [4.69, 9.17) is 25.8 Å². The maximum absolute atomic E-state index is 13.5. The smallest absolute Gasteiger partial charge is 0.338 e. The number of hydrogen-bond donors (Lipinski definition) is 0. The third-order valence-electron chi connectivity index (χ3n) is 5.47. The highest BCUT2D eigenvalue weighted by Gasteiger charge is 2.36. The third kappa shape index (κ3) is 5.34. The first kappa shape index (κ1) is 18.9. The first-order valence-electron chi connectivity index (χ1n) is 13.3. The van der Waals surface area contributed by atoms with E-state index in [1.165, 1.54) is 38.4 Å². The molecule has 0 bridgehead atoms. The zero-order valence-corrected chi connectivity index (χ0v) is 19.8. The van der Waals surface area contributed by atoms with Crippen LogP contribution in [0.2, 0.25) is 0 Å². The molecule has 6 heteroatoms. The topological polar surface area (TPSA) is 57.2 Å². The lowest BCUT2D eigenvalue weighted by Crippen LogP contribution is -2.47. The van der Waals surface area contributed by atoms with Crippen molar-refractivity contribution in [3.8, 4) is 17.2 Å². The van der Waals surface area contributed by atoms with Gasteiger partial charge < -0.3 is 18.9 Å². The Morgan fingerprint density at radius 2 is 1.53 bits per heavy atom. The molecule has 3 aromatic carbocycles. The Morgan fingerprint density at radius 3 is 2.06 bits per heavy atom. The van der Waals surface area contributed by atoms with Crippen LogP contribution < -0.4 is 14.2 Å². The van der Waals surface area contributed by atoms with Gasteiger partial charge in [0.15, 0.2) is 11.5 Å². The van der Waals surface area contributed by atoms with Crippen LogP contribution >= 0.6 is 0 Å². The number of nitrogens with zero attached hydrogens (tertiary/aromatic N) is 1. The van der Waals surface area contributed by atoms with E-state index >= 15 is 0 Å². The second kappa shape index (κ2) is 11.6. The highest BCUT2D eigenvalue weighted by molar-refractivity contribution is 5.91. The number of likely N-dealkylation sites (N-methyl/N-ethyl adjacent to an activating group) is 1. The van der Waals surface area contributed by atoms with Crippen molar-refractivity contribution in [3.05, 3.63) is 89.5 Å². The van der Waals surface area contributed by atoms with Gasteiger partial charge in [-0.25, -0.2) is 4.79 Å². The summed E-state index contributed by atoms with van der Waals surface area (Å²) in [4.78, 5) is 14.9. The molecule has 1 unspecified atom stereocenters. The molecule has 0 radical (unpaired) electrons. The lowest BCUT2D eigenvalue weighted by atomic mass is 9.86. The number of carbonyl (C=O) groups excluding carboxylic acids is 1. The number of ether oxygens (including phenoxy) is 4. The van der Waals surface area contributed by atoms with Crippen LogP contribution in [0.4, 0.5) is 0 Å². The monoisotopic (exact) mass is 468 g/mol. The van der Waals surface area contributed by atoms with E-state index in [1.54, 1.807) is 37.4 Å². The average Bonchev–Trinajstić information content (AvgIpc) is 2.92. The molecule has 3 aromatic rings. The van der Waals surface area contributed by atoms with E-state index in [2.05, 4.69) is 0 Å². The van der Waals surface area contributed by atoms with Crippen LogP contribution in [-0.4, -0.2) is 45.8 Å². The van der Waals surface area contributed by atoms with Gasteiger partial charge in [-0.2, -0.15) is 0 Å². The van der Waals surface area contributed by atoms with E-state index in [-0.39, 0.29) is 34.9 Å². The molecular formula is C28H33NO5. The Kier molecular flexibility index (Phi) is 6.42. The molecule has 3 rings (SSSR count). The predicted molar refractivity (Wildman–Crippen MR) is 133 cm³/mol. The number of methoxy groups -OCH3 is 3. The molecule has 0 aliphatic rings. The maximum Gasteiger partial charge on any atom is 0.338 e. The van der Waals surface area contributed by atoms with Crippen molar-refractivity contribution in [2.75, 3.05) is 34.9 Å². The molecule has 0 saturated heterocycles. The first-order valence-corrected chi connectivity index (χ1v) is 10.6. The van der Waals surface area contributed by atoms with Crippen molar-refractivity contribution in [1.29, 1.82) is 0 Å². The van der Waals surface area contributed by atoms with E-state index in [0.717, 1.165) is 5.56 Å². The standard InChI is InChI=1S/C28H33NO5/c1-6-28(23-15-11-8-12-16-23,29(2)19-21-13-9-7-10-14-21)20-34-27(30)22-17-24(31-3)26(33-5)25(18-22)32-4/h7-18H,6,19-20H2,1-5H3/i1D,6D2,20D2. The number of hydrogen-bond acceptors (Lipinski definition) is 6. The number of benzene rings is 3. The molecule has 0 spiro atoms. The van der Waals surface area contributed by atoms with Crippen molar-refractivity contribution in [1.82, 2.24) is 4.90 Å². The molecule has 0 amide bonds. The lowest BCUT2D eigenvalue weighted by Gasteiger charge is -2.41. The highest BCUT2D eigenvalue weighted by atomic mass is 16.5. The molecule has 0 heterocycles. The SMILES string of the molecule is [2H]CC([2H])([2H])C(c1ccccc1)(N(C)Cc1ccccc1)C([2H])([2H])OC(=O)c1cc(OC)c(OC)c(OC)c1. The Morgan fingerprint density at radius 1 is 0.941 bits per heavy atom.